The first-order valence-electron chi connectivity index (χ1n) is 9.19. The molecule has 0 unspecified atom stereocenters. The Morgan fingerprint density at radius 1 is 1.18 bits per heavy atom. The molecule has 9 nitrogen and oxygen atoms in total. The van der Waals surface area contributed by atoms with Gasteiger partial charge in [0, 0.05) is 19.2 Å². The van der Waals surface area contributed by atoms with E-state index in [0.29, 0.717) is 24.6 Å². The Balaban J connectivity index is 2.75. The molecule has 0 atom stereocenters. The van der Waals surface area contributed by atoms with Crippen molar-refractivity contribution in [3.05, 3.63) is 39.9 Å². The van der Waals surface area contributed by atoms with Crippen LogP contribution < -0.4 is 16.0 Å². The topological polar surface area (TPSA) is 118 Å². The third kappa shape index (κ3) is 8.70. The lowest BCUT2D eigenvalue weighted by atomic mass is 10.1. The number of aliphatic imine (C=N–C) groups is 1. The minimum atomic E-state index is -0.600. The minimum absolute atomic E-state index is 0.0361. The van der Waals surface area contributed by atoms with E-state index in [-0.39, 0.29) is 12.2 Å². The average molecular weight is 393 g/mol. The molecule has 0 radical (unpaired) electrons. The summed E-state index contributed by atoms with van der Waals surface area (Å²) >= 11 is 0. The highest BCUT2D eigenvalue weighted by atomic mass is 16.6. The highest BCUT2D eigenvalue weighted by Crippen LogP contribution is 2.18. The molecule has 28 heavy (non-hydrogen) atoms. The summed E-state index contributed by atoms with van der Waals surface area (Å²) < 4.78 is 5.28. The zero-order valence-corrected chi connectivity index (χ0v) is 17.5. The van der Waals surface area contributed by atoms with Crippen LogP contribution in [-0.4, -0.2) is 41.2 Å². The Kier molecular flexibility index (Phi) is 8.21. The Labute approximate surface area is 166 Å². The van der Waals surface area contributed by atoms with Crippen LogP contribution >= 0.6 is 0 Å². The van der Waals surface area contributed by atoms with E-state index in [9.17, 15) is 14.9 Å². The van der Waals surface area contributed by atoms with E-state index in [0.717, 1.165) is 0 Å². The number of hydrogen-bond acceptors (Lipinski definition) is 5. The number of ether oxygens (including phenoxy) is 1. The molecule has 1 rings (SSSR count). The first-order chi connectivity index (χ1) is 12.9. The fourth-order valence-corrected chi connectivity index (χ4v) is 2.26. The van der Waals surface area contributed by atoms with E-state index >= 15 is 0 Å². The van der Waals surface area contributed by atoms with Crippen LogP contribution in [0.5, 0.6) is 0 Å². The third-order valence-corrected chi connectivity index (χ3v) is 3.48. The van der Waals surface area contributed by atoms with Gasteiger partial charge < -0.3 is 20.7 Å². The summed E-state index contributed by atoms with van der Waals surface area (Å²) in [4.78, 5) is 27.1. The smallest absolute Gasteiger partial charge is 0.408 e. The van der Waals surface area contributed by atoms with Gasteiger partial charge in [0.2, 0.25) is 0 Å². The SMILES string of the molecule is CCNC(=NCc1ccccc1[N+](=O)[O-])NCC(C)(C)NC(=O)OC(C)(C)C. The molecule has 0 saturated heterocycles. The first-order valence-corrected chi connectivity index (χ1v) is 9.19. The number of guanidine groups is 1. The van der Waals surface area contributed by atoms with Crippen molar-refractivity contribution in [3.63, 3.8) is 0 Å². The van der Waals surface area contributed by atoms with Crippen LogP contribution in [-0.2, 0) is 11.3 Å². The van der Waals surface area contributed by atoms with Gasteiger partial charge in [-0.2, -0.15) is 0 Å². The lowest BCUT2D eigenvalue weighted by Gasteiger charge is -2.29. The van der Waals surface area contributed by atoms with Crippen LogP contribution in [0.3, 0.4) is 0 Å². The summed E-state index contributed by atoms with van der Waals surface area (Å²) in [6.45, 7) is 12.2. The van der Waals surface area contributed by atoms with Crippen LogP contribution in [0.1, 0.15) is 47.1 Å². The zero-order valence-electron chi connectivity index (χ0n) is 17.5. The van der Waals surface area contributed by atoms with Crippen molar-refractivity contribution in [2.24, 2.45) is 4.99 Å². The van der Waals surface area contributed by atoms with E-state index < -0.39 is 22.2 Å². The molecule has 0 spiro atoms. The highest BCUT2D eigenvalue weighted by molar-refractivity contribution is 5.80. The number of amides is 1. The molecule has 3 N–H and O–H groups in total. The van der Waals surface area contributed by atoms with Gasteiger partial charge in [-0.1, -0.05) is 18.2 Å². The minimum Gasteiger partial charge on any atom is -0.444 e. The van der Waals surface area contributed by atoms with Gasteiger partial charge in [0.1, 0.15) is 5.60 Å². The number of nitro benzene ring substituents is 1. The summed E-state index contributed by atoms with van der Waals surface area (Å²) in [7, 11) is 0. The highest BCUT2D eigenvalue weighted by Gasteiger charge is 2.24. The van der Waals surface area contributed by atoms with E-state index in [2.05, 4.69) is 20.9 Å². The van der Waals surface area contributed by atoms with Gasteiger partial charge in [-0.05, 0) is 41.5 Å². The molecule has 1 aromatic rings. The molecule has 0 fully saturated rings. The maximum Gasteiger partial charge on any atom is 0.408 e. The molecule has 156 valence electrons. The molecule has 1 amide bonds. The molecule has 0 aromatic heterocycles. The number of hydrogen-bond donors (Lipinski definition) is 3. The maximum absolute atomic E-state index is 12.0. The van der Waals surface area contributed by atoms with Crippen molar-refractivity contribution >= 4 is 17.7 Å². The summed E-state index contributed by atoms with van der Waals surface area (Å²) in [6, 6.07) is 6.50. The Morgan fingerprint density at radius 2 is 1.82 bits per heavy atom. The fourth-order valence-electron chi connectivity index (χ4n) is 2.26. The largest absolute Gasteiger partial charge is 0.444 e. The number of carbonyl (C=O) groups is 1. The first kappa shape index (κ1) is 23.2. The fraction of sp³-hybridized carbons (Fsp3) is 0.579. The molecule has 0 bridgehead atoms. The molecule has 1 aromatic carbocycles. The van der Waals surface area contributed by atoms with Crippen LogP contribution in [0.15, 0.2) is 29.3 Å². The monoisotopic (exact) mass is 393 g/mol. The number of benzene rings is 1. The van der Waals surface area contributed by atoms with Crippen molar-refractivity contribution in [2.45, 2.75) is 59.2 Å². The maximum atomic E-state index is 12.0. The summed E-state index contributed by atoms with van der Waals surface area (Å²) in [5, 5.41) is 20.2. The number of nitrogens with zero attached hydrogens (tertiary/aromatic N) is 2. The van der Waals surface area contributed by atoms with Crippen molar-refractivity contribution in [1.82, 2.24) is 16.0 Å². The van der Waals surface area contributed by atoms with Crippen LogP contribution in [0.2, 0.25) is 0 Å². The number of nitro groups is 1. The standard InChI is InChI=1S/C19H31N5O4/c1-7-20-16(21-12-14-10-8-9-11-15(14)24(26)27)22-13-19(5,6)23-17(25)28-18(2,3)4/h8-11H,7,12-13H2,1-6H3,(H,23,25)(H2,20,21,22). The zero-order chi connectivity index (χ0) is 21.4. The van der Waals surface area contributed by atoms with Gasteiger partial charge in [0.25, 0.3) is 5.69 Å². The van der Waals surface area contributed by atoms with Crippen molar-refractivity contribution in [2.75, 3.05) is 13.1 Å². The summed E-state index contributed by atoms with van der Waals surface area (Å²) in [6.07, 6.45) is -0.499. The van der Waals surface area contributed by atoms with E-state index in [1.165, 1.54) is 6.07 Å². The van der Waals surface area contributed by atoms with Gasteiger partial charge in [0.15, 0.2) is 5.96 Å². The lowest BCUT2D eigenvalue weighted by molar-refractivity contribution is -0.385. The summed E-state index contributed by atoms with van der Waals surface area (Å²) in [5.41, 5.74) is -0.615. The third-order valence-electron chi connectivity index (χ3n) is 3.48. The van der Waals surface area contributed by atoms with Gasteiger partial charge in [-0.25, -0.2) is 9.79 Å². The van der Waals surface area contributed by atoms with Crippen LogP contribution in [0, 0.1) is 10.1 Å². The quantitative estimate of drug-likeness (QED) is 0.284. The molecular formula is C19H31N5O4. The molecule has 9 heteroatoms. The second kappa shape index (κ2) is 9.91. The predicted molar refractivity (Wildman–Crippen MR) is 109 cm³/mol. The van der Waals surface area contributed by atoms with Gasteiger partial charge in [-0.15, -0.1) is 0 Å². The molecule has 0 aliphatic carbocycles. The lowest BCUT2D eigenvalue weighted by Crippen LogP contribution is -2.54. The number of alkyl carbamates (subject to hydrolysis) is 1. The number of carbonyl (C=O) groups excluding carboxylic acids is 1. The number of nitrogens with one attached hydrogen (secondary N) is 3. The molecule has 0 heterocycles. The van der Waals surface area contributed by atoms with E-state index in [4.69, 9.17) is 4.74 Å². The number of para-hydroxylation sites is 1. The average Bonchev–Trinajstić information content (AvgIpc) is 2.55. The van der Waals surface area contributed by atoms with Crippen LogP contribution in [0.4, 0.5) is 10.5 Å². The van der Waals surface area contributed by atoms with Gasteiger partial charge in [-0.3, -0.25) is 10.1 Å². The van der Waals surface area contributed by atoms with E-state index in [1.807, 2.05) is 20.8 Å². The Bertz CT molecular complexity index is 711. The van der Waals surface area contributed by atoms with E-state index in [1.54, 1.807) is 39.0 Å². The van der Waals surface area contributed by atoms with Crippen molar-refractivity contribution < 1.29 is 14.5 Å². The predicted octanol–water partition coefficient (Wildman–Crippen LogP) is 2.95. The number of rotatable bonds is 7. The summed E-state index contributed by atoms with van der Waals surface area (Å²) in [5.74, 6) is 0.500. The molecular weight excluding hydrogens is 362 g/mol. The Hall–Kier alpha value is -2.84. The normalized spacial score (nSPS) is 12.3. The second-order valence-corrected chi connectivity index (χ2v) is 7.95. The molecule has 0 aliphatic rings. The molecule has 0 saturated carbocycles. The molecule has 0 aliphatic heterocycles. The van der Waals surface area contributed by atoms with Crippen LogP contribution in [0.25, 0.3) is 0 Å². The van der Waals surface area contributed by atoms with Crippen molar-refractivity contribution in [3.8, 4) is 0 Å². The van der Waals surface area contributed by atoms with Gasteiger partial charge in [0.05, 0.1) is 22.6 Å². The second-order valence-electron chi connectivity index (χ2n) is 7.95. The van der Waals surface area contributed by atoms with Crippen molar-refractivity contribution in [1.29, 1.82) is 0 Å². The Morgan fingerprint density at radius 3 is 2.39 bits per heavy atom. The van der Waals surface area contributed by atoms with Gasteiger partial charge >= 0.3 is 6.09 Å².